The maximum absolute atomic E-state index is 6.03. The van der Waals surface area contributed by atoms with Crippen molar-refractivity contribution >= 4 is 11.6 Å². The second kappa shape index (κ2) is 7.39. The summed E-state index contributed by atoms with van der Waals surface area (Å²) < 4.78 is 6.03. The molecule has 0 unspecified atom stereocenters. The zero-order valence-electron chi connectivity index (χ0n) is 14.4. The number of hydrogen-bond acceptors (Lipinski definition) is 2. The molecule has 2 aromatic carbocycles. The maximum atomic E-state index is 6.03. The number of aliphatic imine (C=N–C) groups is 1. The van der Waals surface area contributed by atoms with Crippen molar-refractivity contribution in [2.75, 3.05) is 5.32 Å². The third-order valence-electron chi connectivity index (χ3n) is 4.52. The van der Waals surface area contributed by atoms with E-state index in [9.17, 15) is 0 Å². The summed E-state index contributed by atoms with van der Waals surface area (Å²) in [5.41, 5.74) is 10.5. The van der Waals surface area contributed by atoms with Crippen molar-refractivity contribution in [3.05, 3.63) is 59.2 Å². The van der Waals surface area contributed by atoms with Gasteiger partial charge in [0.2, 0.25) is 0 Å². The highest BCUT2D eigenvalue weighted by Gasteiger charge is 2.20. The molecule has 0 aliphatic heterocycles. The normalized spacial score (nSPS) is 15.0. The molecular weight excluding hydrogens is 298 g/mol. The summed E-state index contributed by atoms with van der Waals surface area (Å²) >= 11 is 0. The number of para-hydroxylation sites is 1. The summed E-state index contributed by atoms with van der Waals surface area (Å²) in [6, 6.07) is 14.2. The molecule has 3 N–H and O–H groups in total. The molecule has 0 bridgehead atoms. The number of rotatable bonds is 5. The number of benzene rings is 2. The minimum absolute atomic E-state index is 0.362. The summed E-state index contributed by atoms with van der Waals surface area (Å²) in [7, 11) is 0. The molecular formula is C20H25N3O. The second-order valence-electron chi connectivity index (χ2n) is 6.40. The van der Waals surface area contributed by atoms with Crippen molar-refractivity contribution in [3.63, 3.8) is 0 Å². The monoisotopic (exact) mass is 323 g/mol. The van der Waals surface area contributed by atoms with Crippen molar-refractivity contribution in [1.82, 2.24) is 0 Å². The van der Waals surface area contributed by atoms with Gasteiger partial charge in [-0.05, 0) is 62.4 Å². The summed E-state index contributed by atoms with van der Waals surface area (Å²) in [5.74, 6) is 1.33. The lowest BCUT2D eigenvalue weighted by atomic mass is 9.96. The van der Waals surface area contributed by atoms with E-state index in [0.29, 0.717) is 18.6 Å². The van der Waals surface area contributed by atoms with Crippen LogP contribution in [0, 0.1) is 13.8 Å². The van der Waals surface area contributed by atoms with Gasteiger partial charge in [0.05, 0.1) is 12.6 Å². The number of hydrogen-bond donors (Lipinski definition) is 2. The van der Waals surface area contributed by atoms with Gasteiger partial charge in [-0.25, -0.2) is 4.99 Å². The van der Waals surface area contributed by atoms with E-state index in [2.05, 4.69) is 36.3 Å². The van der Waals surface area contributed by atoms with Gasteiger partial charge >= 0.3 is 0 Å². The maximum Gasteiger partial charge on any atom is 0.193 e. The Kier molecular flexibility index (Phi) is 5.04. The number of ether oxygens (including phenoxy) is 1. The lowest BCUT2D eigenvalue weighted by Gasteiger charge is -2.27. The molecule has 1 aliphatic carbocycles. The minimum atomic E-state index is 0.362. The number of nitrogens with one attached hydrogen (secondary N) is 1. The van der Waals surface area contributed by atoms with E-state index >= 15 is 0 Å². The van der Waals surface area contributed by atoms with Crippen LogP contribution in [0.15, 0.2) is 47.5 Å². The zero-order valence-corrected chi connectivity index (χ0v) is 14.4. The molecule has 0 spiro atoms. The molecule has 1 saturated carbocycles. The molecule has 0 atom stereocenters. The van der Waals surface area contributed by atoms with Gasteiger partial charge in [0.1, 0.15) is 5.75 Å². The van der Waals surface area contributed by atoms with Crippen LogP contribution in [0.3, 0.4) is 0 Å². The van der Waals surface area contributed by atoms with Crippen LogP contribution in [0.5, 0.6) is 5.75 Å². The number of anilines is 1. The quantitative estimate of drug-likeness (QED) is 0.641. The van der Waals surface area contributed by atoms with Gasteiger partial charge in [-0.3, -0.25) is 0 Å². The van der Waals surface area contributed by atoms with Crippen LogP contribution in [-0.2, 0) is 6.54 Å². The molecule has 24 heavy (non-hydrogen) atoms. The van der Waals surface area contributed by atoms with Crippen LogP contribution in [-0.4, -0.2) is 12.1 Å². The number of nitrogens with two attached hydrogens (primary N) is 1. The van der Waals surface area contributed by atoms with E-state index in [0.717, 1.165) is 29.8 Å². The van der Waals surface area contributed by atoms with Crippen LogP contribution in [0.25, 0.3) is 0 Å². The van der Waals surface area contributed by atoms with E-state index in [-0.39, 0.29) is 0 Å². The molecule has 0 heterocycles. The van der Waals surface area contributed by atoms with E-state index < -0.39 is 0 Å². The summed E-state index contributed by atoms with van der Waals surface area (Å²) in [6.07, 6.45) is 3.92. The fraction of sp³-hybridized carbons (Fsp3) is 0.350. The van der Waals surface area contributed by atoms with E-state index in [4.69, 9.17) is 10.5 Å². The van der Waals surface area contributed by atoms with Crippen LogP contribution in [0.4, 0.5) is 5.69 Å². The second-order valence-corrected chi connectivity index (χ2v) is 6.40. The highest BCUT2D eigenvalue weighted by atomic mass is 16.5. The largest absolute Gasteiger partial charge is 0.490 e. The lowest BCUT2D eigenvalue weighted by Crippen LogP contribution is -2.25. The first-order valence-electron chi connectivity index (χ1n) is 8.50. The Morgan fingerprint density at radius 3 is 2.67 bits per heavy atom. The number of nitrogens with zero attached hydrogens (tertiary/aromatic N) is 1. The molecule has 126 valence electrons. The van der Waals surface area contributed by atoms with Gasteiger partial charge in [-0.15, -0.1) is 0 Å². The van der Waals surface area contributed by atoms with E-state index in [1.54, 1.807) is 0 Å². The first kappa shape index (κ1) is 16.4. The van der Waals surface area contributed by atoms with Crippen LogP contribution >= 0.6 is 0 Å². The predicted octanol–water partition coefficient (Wildman–Crippen LogP) is 4.16. The molecule has 1 aliphatic rings. The van der Waals surface area contributed by atoms with Crippen molar-refractivity contribution < 1.29 is 4.74 Å². The van der Waals surface area contributed by atoms with Gasteiger partial charge in [0.25, 0.3) is 0 Å². The highest BCUT2D eigenvalue weighted by molar-refractivity contribution is 5.92. The molecule has 4 heteroatoms. The predicted molar refractivity (Wildman–Crippen MR) is 99.6 cm³/mol. The lowest BCUT2D eigenvalue weighted by molar-refractivity contribution is 0.119. The van der Waals surface area contributed by atoms with E-state index in [1.165, 1.54) is 17.5 Å². The van der Waals surface area contributed by atoms with Crippen LogP contribution < -0.4 is 15.8 Å². The minimum Gasteiger partial charge on any atom is -0.490 e. The molecule has 0 aromatic heterocycles. The first-order valence-corrected chi connectivity index (χ1v) is 8.50. The molecule has 4 nitrogen and oxygen atoms in total. The summed E-state index contributed by atoms with van der Waals surface area (Å²) in [5, 5.41) is 3.15. The van der Waals surface area contributed by atoms with Gasteiger partial charge in [-0.2, -0.15) is 0 Å². The summed E-state index contributed by atoms with van der Waals surface area (Å²) in [6.45, 7) is 4.68. The third kappa shape index (κ3) is 4.07. The third-order valence-corrected chi connectivity index (χ3v) is 4.52. The Bertz CT molecular complexity index is 735. The first-order chi connectivity index (χ1) is 11.6. The molecule has 3 rings (SSSR count). The zero-order chi connectivity index (χ0) is 16.9. The van der Waals surface area contributed by atoms with Crippen LogP contribution in [0.2, 0.25) is 0 Å². The smallest absolute Gasteiger partial charge is 0.193 e. The molecule has 0 radical (unpaired) electrons. The van der Waals surface area contributed by atoms with Gasteiger partial charge in [-0.1, -0.05) is 24.3 Å². The SMILES string of the molecule is Cc1ccc(NC(N)=NCc2ccccc2OC2CCC2)cc1C. The molecule has 1 fully saturated rings. The Morgan fingerprint density at radius 1 is 1.17 bits per heavy atom. The average molecular weight is 323 g/mol. The van der Waals surface area contributed by atoms with Crippen molar-refractivity contribution in [1.29, 1.82) is 0 Å². The van der Waals surface area contributed by atoms with Crippen LogP contribution in [0.1, 0.15) is 36.0 Å². The number of aryl methyl sites for hydroxylation is 2. The fourth-order valence-electron chi connectivity index (χ4n) is 2.59. The Balaban J connectivity index is 1.64. The standard InChI is InChI=1S/C20H25N3O/c1-14-10-11-17(12-15(14)2)23-20(21)22-13-16-6-3-4-9-19(16)24-18-7-5-8-18/h3-4,6,9-12,18H,5,7-8,13H2,1-2H3,(H3,21,22,23). The van der Waals surface area contributed by atoms with Crippen molar-refractivity contribution in [2.24, 2.45) is 10.7 Å². The highest BCUT2D eigenvalue weighted by Crippen LogP contribution is 2.27. The van der Waals surface area contributed by atoms with Gasteiger partial charge < -0.3 is 15.8 Å². The Labute approximate surface area is 143 Å². The Morgan fingerprint density at radius 2 is 1.96 bits per heavy atom. The van der Waals surface area contributed by atoms with E-state index in [1.807, 2.05) is 30.3 Å². The Hall–Kier alpha value is -2.49. The summed E-state index contributed by atoms with van der Waals surface area (Å²) in [4.78, 5) is 4.46. The molecule has 0 amide bonds. The topological polar surface area (TPSA) is 59.6 Å². The van der Waals surface area contributed by atoms with Crippen molar-refractivity contribution in [2.45, 2.75) is 45.8 Å². The number of guanidine groups is 1. The van der Waals surface area contributed by atoms with Gasteiger partial charge in [0.15, 0.2) is 5.96 Å². The van der Waals surface area contributed by atoms with Gasteiger partial charge in [0, 0.05) is 11.3 Å². The van der Waals surface area contributed by atoms with Crippen molar-refractivity contribution in [3.8, 4) is 5.75 Å². The average Bonchev–Trinajstić information content (AvgIpc) is 2.53. The molecule has 2 aromatic rings. The molecule has 0 saturated heterocycles. The fourth-order valence-corrected chi connectivity index (χ4v) is 2.59.